The molecule has 1 aliphatic rings. The lowest BCUT2D eigenvalue weighted by atomic mass is 9.98. The van der Waals surface area contributed by atoms with Crippen molar-refractivity contribution >= 4 is 24.0 Å². The summed E-state index contributed by atoms with van der Waals surface area (Å²) in [6, 6.07) is 5.09. The van der Waals surface area contributed by atoms with Gasteiger partial charge in [0.05, 0.1) is 0 Å². The summed E-state index contributed by atoms with van der Waals surface area (Å²) in [6.07, 6.45) is 3.19. The molecule has 5 heteroatoms. The van der Waals surface area contributed by atoms with Crippen LogP contribution in [-0.2, 0) is 0 Å². The molecule has 2 rings (SSSR count). The maximum atomic E-state index is 14.2. The zero-order chi connectivity index (χ0) is 13.7. The van der Waals surface area contributed by atoms with Crippen LogP contribution in [0.2, 0.25) is 5.02 Å². The molecule has 1 N–H and O–H groups in total. The highest BCUT2D eigenvalue weighted by Gasteiger charge is 2.25. The van der Waals surface area contributed by atoms with E-state index in [4.69, 9.17) is 11.6 Å². The number of hydrogen-bond donors (Lipinski definition) is 1. The second-order valence-electron chi connectivity index (χ2n) is 5.08. The van der Waals surface area contributed by atoms with Gasteiger partial charge in [0, 0.05) is 42.8 Å². The third kappa shape index (κ3) is 4.32. The van der Waals surface area contributed by atoms with Gasteiger partial charge in [-0.1, -0.05) is 37.4 Å². The predicted molar refractivity (Wildman–Crippen MR) is 85.4 cm³/mol. The Morgan fingerprint density at radius 1 is 1.35 bits per heavy atom. The molecule has 2 nitrogen and oxygen atoms in total. The van der Waals surface area contributed by atoms with E-state index in [0.29, 0.717) is 10.6 Å². The zero-order valence-corrected chi connectivity index (χ0v) is 13.4. The Labute approximate surface area is 132 Å². The Hall–Kier alpha value is -0.350. The third-order valence-corrected chi connectivity index (χ3v) is 4.09. The van der Waals surface area contributed by atoms with E-state index in [1.807, 2.05) is 0 Å². The van der Waals surface area contributed by atoms with Crippen molar-refractivity contribution in [3.63, 3.8) is 0 Å². The molecule has 1 aliphatic heterocycles. The van der Waals surface area contributed by atoms with Gasteiger partial charge in [0.1, 0.15) is 5.82 Å². The minimum absolute atomic E-state index is 0. The lowest BCUT2D eigenvalue weighted by Gasteiger charge is -2.35. The number of halogens is 3. The van der Waals surface area contributed by atoms with Crippen LogP contribution >= 0.6 is 24.0 Å². The van der Waals surface area contributed by atoms with Gasteiger partial charge in [-0.15, -0.1) is 12.4 Å². The zero-order valence-electron chi connectivity index (χ0n) is 11.9. The molecule has 0 aliphatic carbocycles. The van der Waals surface area contributed by atoms with E-state index in [0.717, 1.165) is 45.4 Å². The molecule has 1 aromatic carbocycles. The molecule has 1 heterocycles. The van der Waals surface area contributed by atoms with Gasteiger partial charge in [-0.25, -0.2) is 4.39 Å². The number of nitrogens with zero attached hydrogens (tertiary/aromatic N) is 1. The highest BCUT2D eigenvalue weighted by atomic mass is 35.5. The number of nitrogens with one attached hydrogen (secondary N) is 1. The highest BCUT2D eigenvalue weighted by molar-refractivity contribution is 6.31. The summed E-state index contributed by atoms with van der Waals surface area (Å²) in [5.74, 6) is -0.174. The first-order chi connectivity index (χ1) is 9.24. The first-order valence-corrected chi connectivity index (χ1v) is 7.50. The summed E-state index contributed by atoms with van der Waals surface area (Å²) in [6.45, 7) is 6.01. The number of piperazine rings is 1. The second kappa shape index (κ2) is 8.83. The van der Waals surface area contributed by atoms with Crippen molar-refractivity contribution in [1.29, 1.82) is 0 Å². The van der Waals surface area contributed by atoms with E-state index in [9.17, 15) is 4.39 Å². The molecule has 0 amide bonds. The van der Waals surface area contributed by atoms with Crippen LogP contribution in [-0.4, -0.2) is 31.1 Å². The summed E-state index contributed by atoms with van der Waals surface area (Å²) in [5, 5.41) is 3.89. The molecule has 20 heavy (non-hydrogen) atoms. The van der Waals surface area contributed by atoms with Gasteiger partial charge >= 0.3 is 0 Å². The van der Waals surface area contributed by atoms with Crippen LogP contribution in [0.15, 0.2) is 18.2 Å². The molecule has 1 atom stereocenters. The molecule has 1 aromatic rings. The third-order valence-electron chi connectivity index (χ3n) is 3.76. The summed E-state index contributed by atoms with van der Waals surface area (Å²) >= 11 is 6.24. The number of unbranched alkanes of at least 4 members (excludes halogenated alkanes) is 1. The Morgan fingerprint density at radius 3 is 2.65 bits per heavy atom. The summed E-state index contributed by atoms with van der Waals surface area (Å²) in [4.78, 5) is 2.36. The van der Waals surface area contributed by atoms with E-state index in [2.05, 4.69) is 17.1 Å². The minimum Gasteiger partial charge on any atom is -0.314 e. The van der Waals surface area contributed by atoms with Gasteiger partial charge < -0.3 is 5.32 Å². The van der Waals surface area contributed by atoms with Crippen molar-refractivity contribution in [1.82, 2.24) is 10.2 Å². The largest absolute Gasteiger partial charge is 0.314 e. The first kappa shape index (κ1) is 17.7. The summed E-state index contributed by atoms with van der Waals surface area (Å²) in [7, 11) is 0. The van der Waals surface area contributed by atoms with Gasteiger partial charge in [-0.05, 0) is 18.6 Å². The molecular weight excluding hydrogens is 298 g/mol. The van der Waals surface area contributed by atoms with Crippen LogP contribution in [0.25, 0.3) is 0 Å². The van der Waals surface area contributed by atoms with E-state index in [1.54, 1.807) is 12.1 Å². The molecule has 0 aromatic heterocycles. The van der Waals surface area contributed by atoms with Crippen LogP contribution in [0.4, 0.5) is 4.39 Å². The quantitative estimate of drug-likeness (QED) is 0.880. The summed E-state index contributed by atoms with van der Waals surface area (Å²) < 4.78 is 14.2. The standard InChI is InChI=1S/C15H22ClFN2.ClH/c1-2-3-7-14(19-10-8-18-9-11-19)15-12(16)5-4-6-13(15)17;/h4-6,14,18H,2-3,7-11H2,1H3;1H/t14-;/m1./s1. The van der Waals surface area contributed by atoms with E-state index in [-0.39, 0.29) is 24.3 Å². The predicted octanol–water partition coefficient (Wildman–Crippen LogP) is 4.04. The molecule has 0 spiro atoms. The Morgan fingerprint density at radius 2 is 2.05 bits per heavy atom. The average Bonchev–Trinajstić information content (AvgIpc) is 2.43. The van der Waals surface area contributed by atoms with Crippen molar-refractivity contribution in [2.45, 2.75) is 32.2 Å². The maximum absolute atomic E-state index is 14.2. The molecule has 0 unspecified atom stereocenters. The Bertz CT molecular complexity index is 389. The van der Waals surface area contributed by atoms with Crippen LogP contribution in [0.1, 0.15) is 37.8 Å². The SMILES string of the molecule is CCCC[C@H](c1c(F)cccc1Cl)N1CCNCC1.Cl. The lowest BCUT2D eigenvalue weighted by Crippen LogP contribution is -2.45. The Balaban J connectivity index is 0.00000200. The maximum Gasteiger partial charge on any atom is 0.129 e. The van der Waals surface area contributed by atoms with Crippen molar-refractivity contribution in [2.75, 3.05) is 26.2 Å². The van der Waals surface area contributed by atoms with Crippen molar-refractivity contribution in [3.8, 4) is 0 Å². The Kier molecular flexibility index (Phi) is 7.82. The van der Waals surface area contributed by atoms with Gasteiger partial charge in [-0.2, -0.15) is 0 Å². The van der Waals surface area contributed by atoms with Gasteiger partial charge in [0.2, 0.25) is 0 Å². The number of hydrogen-bond acceptors (Lipinski definition) is 2. The van der Waals surface area contributed by atoms with Crippen molar-refractivity contribution in [3.05, 3.63) is 34.6 Å². The normalized spacial score (nSPS) is 17.6. The molecule has 1 fully saturated rings. The molecule has 0 saturated carbocycles. The van der Waals surface area contributed by atoms with Crippen LogP contribution in [0.3, 0.4) is 0 Å². The van der Waals surface area contributed by atoms with Crippen molar-refractivity contribution < 1.29 is 4.39 Å². The van der Waals surface area contributed by atoms with Gasteiger partial charge in [0.15, 0.2) is 0 Å². The number of benzene rings is 1. The second-order valence-corrected chi connectivity index (χ2v) is 5.49. The van der Waals surface area contributed by atoms with E-state index >= 15 is 0 Å². The van der Waals surface area contributed by atoms with E-state index in [1.165, 1.54) is 6.07 Å². The lowest BCUT2D eigenvalue weighted by molar-refractivity contribution is 0.160. The first-order valence-electron chi connectivity index (χ1n) is 7.12. The molecule has 0 bridgehead atoms. The number of rotatable bonds is 5. The van der Waals surface area contributed by atoms with Crippen LogP contribution < -0.4 is 5.32 Å². The van der Waals surface area contributed by atoms with Crippen LogP contribution in [0, 0.1) is 5.82 Å². The smallest absolute Gasteiger partial charge is 0.129 e. The molecular formula is C15H23Cl2FN2. The fourth-order valence-electron chi connectivity index (χ4n) is 2.73. The molecule has 0 radical (unpaired) electrons. The topological polar surface area (TPSA) is 15.3 Å². The highest BCUT2D eigenvalue weighted by Crippen LogP contribution is 2.33. The van der Waals surface area contributed by atoms with Gasteiger partial charge in [-0.3, -0.25) is 4.90 Å². The fourth-order valence-corrected chi connectivity index (χ4v) is 3.02. The minimum atomic E-state index is -0.174. The van der Waals surface area contributed by atoms with Gasteiger partial charge in [0.25, 0.3) is 0 Å². The monoisotopic (exact) mass is 320 g/mol. The molecule has 1 saturated heterocycles. The van der Waals surface area contributed by atoms with Crippen LogP contribution in [0.5, 0.6) is 0 Å². The van der Waals surface area contributed by atoms with E-state index < -0.39 is 0 Å². The van der Waals surface area contributed by atoms with Crippen molar-refractivity contribution in [2.24, 2.45) is 0 Å². The molecule has 114 valence electrons. The fraction of sp³-hybridized carbons (Fsp3) is 0.600. The average molecular weight is 321 g/mol. The summed E-state index contributed by atoms with van der Waals surface area (Å²) in [5.41, 5.74) is 0.680.